The monoisotopic (exact) mass is 382 g/mol. The van der Waals surface area contributed by atoms with Crippen molar-refractivity contribution in [3.05, 3.63) is 59.7 Å². The normalized spacial score (nSPS) is 10.4. The summed E-state index contributed by atoms with van der Waals surface area (Å²) in [5.74, 6) is -1.41. The van der Waals surface area contributed by atoms with Crippen molar-refractivity contribution in [2.24, 2.45) is 5.10 Å². The van der Waals surface area contributed by atoms with Crippen molar-refractivity contribution < 1.29 is 19.1 Å². The van der Waals surface area contributed by atoms with E-state index in [2.05, 4.69) is 21.2 Å². The molecular weight excluding hydrogens is 360 g/mol. The molecule has 2 rings (SSSR count). The van der Waals surface area contributed by atoms with Crippen LogP contribution >= 0.6 is 0 Å². The molecule has 8 nitrogen and oxygen atoms in total. The lowest BCUT2D eigenvalue weighted by molar-refractivity contribution is -0.139. The maximum absolute atomic E-state index is 12.0. The Morgan fingerprint density at radius 1 is 1.07 bits per heavy atom. The molecule has 0 aliphatic carbocycles. The van der Waals surface area contributed by atoms with Crippen molar-refractivity contribution in [1.29, 1.82) is 0 Å². The number of carbonyl (C=O) groups is 3. The van der Waals surface area contributed by atoms with Crippen molar-refractivity contribution in [1.82, 2.24) is 10.7 Å². The number of nitrogens with one attached hydrogen (secondary N) is 3. The minimum Gasteiger partial charge on any atom is -0.484 e. The number of likely N-dealkylation sites (N-methyl/N-ethyl adjacent to an activating group) is 1. The molecule has 0 aliphatic rings. The van der Waals surface area contributed by atoms with Gasteiger partial charge in [0.25, 0.3) is 5.91 Å². The molecule has 2 aromatic carbocycles. The summed E-state index contributed by atoms with van der Waals surface area (Å²) in [4.78, 5) is 34.7. The van der Waals surface area contributed by atoms with Crippen molar-refractivity contribution in [3.63, 3.8) is 0 Å². The second-order valence-corrected chi connectivity index (χ2v) is 5.83. The summed E-state index contributed by atoms with van der Waals surface area (Å²) in [5.41, 5.74) is 4.57. The van der Waals surface area contributed by atoms with E-state index in [0.717, 1.165) is 5.56 Å². The summed E-state index contributed by atoms with van der Waals surface area (Å²) >= 11 is 0. The number of hydrazone groups is 1. The molecule has 8 heteroatoms. The van der Waals surface area contributed by atoms with Crippen LogP contribution in [-0.4, -0.2) is 37.1 Å². The summed E-state index contributed by atoms with van der Waals surface area (Å²) in [7, 11) is 0. The molecule has 0 unspecified atom stereocenters. The van der Waals surface area contributed by atoms with Gasteiger partial charge in [0.15, 0.2) is 6.61 Å². The Kier molecular flexibility index (Phi) is 7.71. The number of ether oxygens (including phenoxy) is 1. The first-order valence-corrected chi connectivity index (χ1v) is 8.68. The zero-order valence-corrected chi connectivity index (χ0v) is 15.7. The smallest absolute Gasteiger partial charge is 0.329 e. The van der Waals surface area contributed by atoms with Crippen LogP contribution in [0.1, 0.15) is 18.1 Å². The Balaban J connectivity index is 1.84. The Bertz CT molecular complexity index is 863. The fourth-order valence-corrected chi connectivity index (χ4v) is 2.12. The molecule has 0 saturated heterocycles. The largest absolute Gasteiger partial charge is 0.484 e. The van der Waals surface area contributed by atoms with Gasteiger partial charge < -0.3 is 15.4 Å². The van der Waals surface area contributed by atoms with E-state index >= 15 is 0 Å². The quantitative estimate of drug-likeness (QED) is 0.384. The molecule has 146 valence electrons. The van der Waals surface area contributed by atoms with Crippen molar-refractivity contribution in [2.75, 3.05) is 18.5 Å². The fourth-order valence-electron chi connectivity index (χ4n) is 2.12. The first-order chi connectivity index (χ1) is 13.5. The third-order valence-electron chi connectivity index (χ3n) is 3.49. The standard InChI is InChI=1S/C20H22N4O4/c1-3-21-19(26)20(27)24-22-12-15-5-4-6-17(11-15)28-13-18(25)23-16-9-7-14(2)8-10-16/h4-12H,3,13H2,1-2H3,(H,21,26)(H,23,25)(H,24,27)/b22-12-. The summed E-state index contributed by atoms with van der Waals surface area (Å²) in [6.07, 6.45) is 1.37. The number of amides is 3. The van der Waals surface area contributed by atoms with E-state index in [1.165, 1.54) is 6.21 Å². The van der Waals surface area contributed by atoms with Gasteiger partial charge >= 0.3 is 11.8 Å². The molecule has 2 aromatic rings. The highest BCUT2D eigenvalue weighted by Crippen LogP contribution is 2.13. The Labute approximate surface area is 163 Å². The van der Waals surface area contributed by atoms with Crippen LogP contribution in [0.2, 0.25) is 0 Å². The van der Waals surface area contributed by atoms with Crippen LogP contribution < -0.4 is 20.8 Å². The van der Waals surface area contributed by atoms with Gasteiger partial charge in [-0.05, 0) is 43.7 Å². The van der Waals surface area contributed by atoms with Gasteiger partial charge in [0.05, 0.1) is 6.21 Å². The number of benzene rings is 2. The van der Waals surface area contributed by atoms with Crippen LogP contribution in [0, 0.1) is 6.92 Å². The minimum absolute atomic E-state index is 0.150. The van der Waals surface area contributed by atoms with E-state index in [1.54, 1.807) is 31.2 Å². The molecule has 0 heterocycles. The molecule has 0 radical (unpaired) electrons. The number of rotatable bonds is 7. The van der Waals surface area contributed by atoms with E-state index in [4.69, 9.17) is 4.74 Å². The average molecular weight is 382 g/mol. The molecule has 28 heavy (non-hydrogen) atoms. The SMILES string of the molecule is CCNC(=O)C(=O)N/N=C\c1cccc(OCC(=O)Nc2ccc(C)cc2)c1. The third kappa shape index (κ3) is 6.91. The first kappa shape index (κ1) is 20.6. The molecule has 0 aromatic heterocycles. The number of hydrogen-bond acceptors (Lipinski definition) is 5. The first-order valence-electron chi connectivity index (χ1n) is 8.68. The van der Waals surface area contributed by atoms with E-state index in [9.17, 15) is 14.4 Å². The lowest BCUT2D eigenvalue weighted by atomic mass is 10.2. The highest BCUT2D eigenvalue weighted by Gasteiger charge is 2.10. The molecule has 0 saturated carbocycles. The van der Waals surface area contributed by atoms with Gasteiger partial charge in [-0.15, -0.1) is 0 Å². The highest BCUT2D eigenvalue weighted by atomic mass is 16.5. The maximum Gasteiger partial charge on any atom is 0.329 e. The zero-order valence-electron chi connectivity index (χ0n) is 15.7. The second-order valence-electron chi connectivity index (χ2n) is 5.83. The van der Waals surface area contributed by atoms with E-state index in [-0.39, 0.29) is 12.5 Å². The van der Waals surface area contributed by atoms with E-state index in [1.807, 2.05) is 31.2 Å². The molecule has 0 fully saturated rings. The maximum atomic E-state index is 12.0. The van der Waals surface area contributed by atoms with Crippen LogP contribution in [0.25, 0.3) is 0 Å². The van der Waals surface area contributed by atoms with Crippen LogP contribution in [0.3, 0.4) is 0 Å². The van der Waals surface area contributed by atoms with Gasteiger partial charge in [-0.25, -0.2) is 5.43 Å². The van der Waals surface area contributed by atoms with Gasteiger partial charge in [0.2, 0.25) is 0 Å². The van der Waals surface area contributed by atoms with Gasteiger partial charge in [-0.2, -0.15) is 5.10 Å². The number of hydrogen-bond donors (Lipinski definition) is 3. The van der Waals surface area contributed by atoms with Gasteiger partial charge in [0, 0.05) is 12.2 Å². The summed E-state index contributed by atoms with van der Waals surface area (Å²) in [6.45, 7) is 3.88. The zero-order chi connectivity index (χ0) is 20.4. The summed E-state index contributed by atoms with van der Waals surface area (Å²) in [6, 6.07) is 14.3. The third-order valence-corrected chi connectivity index (χ3v) is 3.49. The molecule has 3 N–H and O–H groups in total. The van der Waals surface area contributed by atoms with E-state index < -0.39 is 11.8 Å². The van der Waals surface area contributed by atoms with Crippen molar-refractivity contribution >= 4 is 29.6 Å². The van der Waals surface area contributed by atoms with Gasteiger partial charge in [0.1, 0.15) is 5.75 Å². The number of carbonyl (C=O) groups excluding carboxylic acids is 3. The minimum atomic E-state index is -0.849. The fraction of sp³-hybridized carbons (Fsp3) is 0.200. The van der Waals surface area contributed by atoms with Crippen molar-refractivity contribution in [2.45, 2.75) is 13.8 Å². The number of anilines is 1. The average Bonchev–Trinajstić information content (AvgIpc) is 2.68. The molecular formula is C20H22N4O4. The summed E-state index contributed by atoms with van der Waals surface area (Å²) in [5, 5.41) is 8.84. The highest BCUT2D eigenvalue weighted by molar-refractivity contribution is 6.35. The molecule has 3 amide bonds. The molecule has 0 atom stereocenters. The van der Waals surface area contributed by atoms with Gasteiger partial charge in [-0.3, -0.25) is 14.4 Å². The molecule has 0 spiro atoms. The topological polar surface area (TPSA) is 109 Å². The van der Waals surface area contributed by atoms with Crippen molar-refractivity contribution in [3.8, 4) is 5.75 Å². The predicted molar refractivity (Wildman–Crippen MR) is 106 cm³/mol. The molecule has 0 aliphatic heterocycles. The van der Waals surface area contributed by atoms with Gasteiger partial charge in [-0.1, -0.05) is 29.8 Å². The van der Waals surface area contributed by atoms with E-state index in [0.29, 0.717) is 23.5 Å². The summed E-state index contributed by atoms with van der Waals surface area (Å²) < 4.78 is 5.48. The van der Waals surface area contributed by atoms with Crippen LogP contribution in [0.5, 0.6) is 5.75 Å². The lowest BCUT2D eigenvalue weighted by Crippen LogP contribution is -2.37. The van der Waals surface area contributed by atoms with Crippen LogP contribution in [-0.2, 0) is 14.4 Å². The second kappa shape index (κ2) is 10.5. The molecule has 0 bridgehead atoms. The Morgan fingerprint density at radius 2 is 1.82 bits per heavy atom. The number of nitrogens with zero attached hydrogens (tertiary/aromatic N) is 1. The predicted octanol–water partition coefficient (Wildman–Crippen LogP) is 1.60. The van der Waals surface area contributed by atoms with Crippen LogP contribution in [0.15, 0.2) is 53.6 Å². The number of aryl methyl sites for hydroxylation is 1. The Hall–Kier alpha value is -3.68. The van der Waals surface area contributed by atoms with Crippen LogP contribution in [0.4, 0.5) is 5.69 Å². The Morgan fingerprint density at radius 3 is 2.54 bits per heavy atom. The lowest BCUT2D eigenvalue weighted by Gasteiger charge is -2.08.